The Bertz CT molecular complexity index is 666. The summed E-state index contributed by atoms with van der Waals surface area (Å²) in [5.41, 5.74) is 2.89. The second-order valence-electron chi connectivity index (χ2n) is 6.89. The molecule has 0 spiro atoms. The lowest BCUT2D eigenvalue weighted by Gasteiger charge is -2.22. The van der Waals surface area contributed by atoms with Crippen molar-refractivity contribution in [2.45, 2.75) is 46.6 Å². The third kappa shape index (κ3) is 4.18. The first-order valence-corrected chi connectivity index (χ1v) is 8.67. The van der Waals surface area contributed by atoms with Gasteiger partial charge in [0.1, 0.15) is 12.0 Å². The van der Waals surface area contributed by atoms with Crippen LogP contribution in [0.25, 0.3) is 0 Å². The topological polar surface area (TPSA) is 86.7 Å². The number of aliphatic carboxylic acids is 1. The molecule has 1 saturated heterocycles. The minimum absolute atomic E-state index is 0.200. The Balaban J connectivity index is 2.12. The molecule has 3 atom stereocenters. The second-order valence-corrected chi connectivity index (χ2v) is 6.89. The van der Waals surface area contributed by atoms with Gasteiger partial charge in [-0.3, -0.25) is 9.59 Å². The first-order valence-electron chi connectivity index (χ1n) is 8.67. The lowest BCUT2D eigenvalue weighted by molar-refractivity contribution is -0.145. The Morgan fingerprint density at radius 1 is 1.28 bits per heavy atom. The summed E-state index contributed by atoms with van der Waals surface area (Å²) in [5.74, 6) is -2.86. The summed E-state index contributed by atoms with van der Waals surface area (Å²) in [6, 6.07) is 4.90. The van der Waals surface area contributed by atoms with Gasteiger partial charge >= 0.3 is 5.97 Å². The maximum absolute atomic E-state index is 12.7. The molecule has 0 saturated carbocycles. The van der Waals surface area contributed by atoms with Crippen LogP contribution in [0.3, 0.4) is 0 Å². The van der Waals surface area contributed by atoms with Gasteiger partial charge in [0, 0.05) is 12.2 Å². The van der Waals surface area contributed by atoms with E-state index in [2.05, 4.69) is 5.32 Å². The molecule has 6 nitrogen and oxygen atoms in total. The van der Waals surface area contributed by atoms with Crippen molar-refractivity contribution in [3.63, 3.8) is 0 Å². The molecule has 1 aromatic carbocycles. The molecule has 25 heavy (non-hydrogen) atoms. The zero-order chi connectivity index (χ0) is 18.7. The quantitative estimate of drug-likeness (QED) is 0.774. The molecule has 2 N–H and O–H groups in total. The van der Waals surface area contributed by atoms with Crippen LogP contribution in [0.1, 0.15) is 37.8 Å². The number of carboxylic acid groups (broad SMARTS) is 1. The molecule has 1 fully saturated rings. The second kappa shape index (κ2) is 7.68. The highest BCUT2D eigenvalue weighted by Crippen LogP contribution is 2.27. The normalized spacial score (nSPS) is 19.6. The number of carboxylic acids is 1. The van der Waals surface area contributed by atoms with E-state index in [-0.39, 0.29) is 11.8 Å². The lowest BCUT2D eigenvalue weighted by Crippen LogP contribution is -2.48. The molecule has 0 radical (unpaired) electrons. The van der Waals surface area contributed by atoms with Crippen molar-refractivity contribution in [1.82, 2.24) is 5.32 Å². The number of amides is 2. The van der Waals surface area contributed by atoms with Crippen LogP contribution in [0, 0.1) is 25.7 Å². The number of carbonyl (C=O) groups is 3. The molecule has 0 aliphatic carbocycles. The number of hydrogen-bond acceptors (Lipinski definition) is 3. The van der Waals surface area contributed by atoms with E-state index >= 15 is 0 Å². The van der Waals surface area contributed by atoms with Crippen molar-refractivity contribution in [1.29, 1.82) is 0 Å². The van der Waals surface area contributed by atoms with Crippen molar-refractivity contribution in [2.24, 2.45) is 11.8 Å². The predicted octanol–water partition coefficient (Wildman–Crippen LogP) is 2.27. The molecule has 2 amide bonds. The molecule has 0 bridgehead atoms. The average Bonchev–Trinajstić information content (AvgIpc) is 2.92. The van der Waals surface area contributed by atoms with Gasteiger partial charge in [0.15, 0.2) is 0 Å². The summed E-state index contributed by atoms with van der Waals surface area (Å²) in [6.07, 6.45) is 1.02. The summed E-state index contributed by atoms with van der Waals surface area (Å²) in [5, 5.41) is 11.9. The maximum Gasteiger partial charge on any atom is 0.326 e. The van der Waals surface area contributed by atoms with Crippen molar-refractivity contribution in [2.75, 3.05) is 11.4 Å². The first-order chi connectivity index (χ1) is 11.7. The first kappa shape index (κ1) is 19.0. The average molecular weight is 346 g/mol. The van der Waals surface area contributed by atoms with E-state index < -0.39 is 23.8 Å². The van der Waals surface area contributed by atoms with Gasteiger partial charge in [-0.05, 0) is 49.4 Å². The van der Waals surface area contributed by atoms with Crippen molar-refractivity contribution in [3.8, 4) is 0 Å². The van der Waals surface area contributed by atoms with Gasteiger partial charge in [-0.15, -0.1) is 0 Å². The molecule has 2 rings (SSSR count). The summed E-state index contributed by atoms with van der Waals surface area (Å²) in [4.78, 5) is 38.2. The van der Waals surface area contributed by atoms with Crippen molar-refractivity contribution >= 4 is 23.5 Å². The summed E-state index contributed by atoms with van der Waals surface area (Å²) >= 11 is 0. The Kier molecular flexibility index (Phi) is 5.82. The van der Waals surface area contributed by atoms with Gasteiger partial charge < -0.3 is 15.3 Å². The van der Waals surface area contributed by atoms with Gasteiger partial charge in [0.05, 0.1) is 0 Å². The van der Waals surface area contributed by atoms with Crippen LogP contribution in [0.5, 0.6) is 0 Å². The fourth-order valence-corrected chi connectivity index (χ4v) is 3.22. The van der Waals surface area contributed by atoms with Crippen LogP contribution in [-0.2, 0) is 14.4 Å². The zero-order valence-electron chi connectivity index (χ0n) is 15.2. The molecule has 1 aliphatic heterocycles. The van der Waals surface area contributed by atoms with E-state index in [9.17, 15) is 19.5 Å². The van der Waals surface area contributed by atoms with Gasteiger partial charge in [-0.25, -0.2) is 4.79 Å². The number of nitrogens with zero attached hydrogens (tertiary/aromatic N) is 1. The summed E-state index contributed by atoms with van der Waals surface area (Å²) < 4.78 is 0. The fraction of sp³-hybridized carbons (Fsp3) is 0.526. The van der Waals surface area contributed by atoms with E-state index in [1.54, 1.807) is 11.8 Å². The molecule has 0 aromatic heterocycles. The van der Waals surface area contributed by atoms with Crippen molar-refractivity contribution < 1.29 is 19.5 Å². The predicted molar refractivity (Wildman–Crippen MR) is 95.4 cm³/mol. The fourth-order valence-electron chi connectivity index (χ4n) is 3.22. The summed E-state index contributed by atoms with van der Waals surface area (Å²) in [6.45, 7) is 8.03. The van der Waals surface area contributed by atoms with Gasteiger partial charge in [-0.1, -0.05) is 26.3 Å². The SMILES string of the molecule is CC[C@H](C)[C@H](NC(=O)C1CCN(c2cc(C)cc(C)c2)C1=O)C(=O)O. The van der Waals surface area contributed by atoms with Crippen LogP contribution >= 0.6 is 0 Å². The lowest BCUT2D eigenvalue weighted by atomic mass is 9.98. The van der Waals surface area contributed by atoms with Crippen LogP contribution in [0.15, 0.2) is 18.2 Å². The van der Waals surface area contributed by atoms with Crippen LogP contribution in [0.2, 0.25) is 0 Å². The van der Waals surface area contributed by atoms with E-state index in [0.29, 0.717) is 19.4 Å². The smallest absolute Gasteiger partial charge is 0.326 e. The molecule has 1 aromatic rings. The number of rotatable bonds is 6. The highest BCUT2D eigenvalue weighted by atomic mass is 16.4. The number of anilines is 1. The largest absolute Gasteiger partial charge is 0.480 e. The van der Waals surface area contributed by atoms with E-state index in [0.717, 1.165) is 16.8 Å². The highest BCUT2D eigenvalue weighted by molar-refractivity contribution is 6.10. The molecule has 136 valence electrons. The Morgan fingerprint density at radius 3 is 2.40 bits per heavy atom. The van der Waals surface area contributed by atoms with Crippen molar-refractivity contribution in [3.05, 3.63) is 29.3 Å². The Hall–Kier alpha value is -2.37. The summed E-state index contributed by atoms with van der Waals surface area (Å²) in [7, 11) is 0. The Morgan fingerprint density at radius 2 is 1.88 bits per heavy atom. The third-order valence-electron chi connectivity index (χ3n) is 4.82. The van der Waals surface area contributed by atoms with E-state index in [1.165, 1.54) is 0 Å². The zero-order valence-corrected chi connectivity index (χ0v) is 15.2. The minimum atomic E-state index is -1.07. The van der Waals surface area contributed by atoms with Gasteiger partial charge in [-0.2, -0.15) is 0 Å². The third-order valence-corrected chi connectivity index (χ3v) is 4.82. The number of nitrogens with one attached hydrogen (secondary N) is 1. The van der Waals surface area contributed by atoms with E-state index in [4.69, 9.17) is 0 Å². The maximum atomic E-state index is 12.7. The van der Waals surface area contributed by atoms with Crippen LogP contribution in [-0.4, -0.2) is 35.5 Å². The monoisotopic (exact) mass is 346 g/mol. The Labute approximate surface area is 148 Å². The number of benzene rings is 1. The van der Waals surface area contributed by atoms with Crippen LogP contribution < -0.4 is 10.2 Å². The number of carbonyl (C=O) groups excluding carboxylic acids is 2. The molecule has 6 heteroatoms. The minimum Gasteiger partial charge on any atom is -0.480 e. The van der Waals surface area contributed by atoms with Crippen LogP contribution in [0.4, 0.5) is 5.69 Å². The van der Waals surface area contributed by atoms with E-state index in [1.807, 2.05) is 39.0 Å². The standard InChI is InChI=1S/C19H26N2O4/c1-5-13(4)16(19(24)25)20-17(22)15-6-7-21(18(15)23)14-9-11(2)8-12(3)10-14/h8-10,13,15-16H,5-7H2,1-4H3,(H,20,22)(H,24,25)/t13-,15?,16-/m0/s1. The molecule has 1 unspecified atom stereocenters. The molecule has 1 heterocycles. The van der Waals surface area contributed by atoms with Gasteiger partial charge in [0.2, 0.25) is 11.8 Å². The van der Waals surface area contributed by atoms with Gasteiger partial charge in [0.25, 0.3) is 0 Å². The molecular weight excluding hydrogens is 320 g/mol. The molecular formula is C19H26N2O4. The highest BCUT2D eigenvalue weighted by Gasteiger charge is 2.39. The molecule has 1 aliphatic rings. The number of hydrogen-bond donors (Lipinski definition) is 2. The number of aryl methyl sites for hydroxylation is 2.